The Kier molecular flexibility index (Phi) is 5.20. The minimum atomic E-state index is -3.30. The molecule has 0 unspecified atom stereocenters. The number of rotatable bonds is 6. The Hall–Kier alpha value is -0.390. The Morgan fingerprint density at radius 1 is 1.54 bits per heavy atom. The topological polar surface area (TPSA) is 57.6 Å². The van der Waals surface area contributed by atoms with Crippen LogP contribution in [0, 0.1) is 0 Å². The third-order valence-electron chi connectivity index (χ3n) is 1.54. The highest BCUT2D eigenvalue weighted by molar-refractivity contribution is 7.89. The summed E-state index contributed by atoms with van der Waals surface area (Å²) in [7, 11) is -3.30. The molecule has 0 heterocycles. The molecule has 0 aromatic heterocycles. The summed E-state index contributed by atoms with van der Waals surface area (Å²) >= 11 is 0. The van der Waals surface area contributed by atoms with Crippen LogP contribution in [-0.4, -0.2) is 43.3 Å². The first-order valence-electron chi connectivity index (χ1n) is 4.17. The van der Waals surface area contributed by atoms with Gasteiger partial charge in [0.25, 0.3) is 0 Å². The standard InChI is InChI=1S/C8H17NO3S/c1-4-9(7-8(2)3)13(11,12)6-5-10/h10H,2,4-7H2,1,3H3. The Morgan fingerprint density at radius 3 is 2.38 bits per heavy atom. The first-order chi connectivity index (χ1) is 5.94. The molecule has 0 radical (unpaired) electrons. The van der Waals surface area contributed by atoms with Crippen molar-refractivity contribution in [2.24, 2.45) is 0 Å². The summed E-state index contributed by atoms with van der Waals surface area (Å²) in [4.78, 5) is 0. The normalized spacial score (nSPS) is 12.0. The fraction of sp³-hybridized carbons (Fsp3) is 0.750. The summed E-state index contributed by atoms with van der Waals surface area (Å²) in [5.41, 5.74) is 0.795. The van der Waals surface area contributed by atoms with Crippen molar-refractivity contribution >= 4 is 10.0 Å². The fourth-order valence-corrected chi connectivity index (χ4v) is 2.25. The molecule has 0 spiro atoms. The van der Waals surface area contributed by atoms with Crippen molar-refractivity contribution in [3.8, 4) is 0 Å². The van der Waals surface area contributed by atoms with Gasteiger partial charge in [0, 0.05) is 13.1 Å². The van der Waals surface area contributed by atoms with Crippen LogP contribution in [0.4, 0.5) is 0 Å². The van der Waals surface area contributed by atoms with E-state index in [4.69, 9.17) is 5.11 Å². The highest BCUT2D eigenvalue weighted by atomic mass is 32.2. The van der Waals surface area contributed by atoms with Gasteiger partial charge in [-0.1, -0.05) is 19.1 Å². The van der Waals surface area contributed by atoms with Gasteiger partial charge in [-0.2, -0.15) is 4.31 Å². The van der Waals surface area contributed by atoms with Crippen LogP contribution in [0.15, 0.2) is 12.2 Å². The molecular formula is C8H17NO3S. The van der Waals surface area contributed by atoms with E-state index in [1.807, 2.05) is 0 Å². The summed E-state index contributed by atoms with van der Waals surface area (Å²) in [6.07, 6.45) is 0. The summed E-state index contributed by atoms with van der Waals surface area (Å²) in [5.74, 6) is -0.214. The van der Waals surface area contributed by atoms with Crippen LogP contribution < -0.4 is 0 Å². The molecule has 0 atom stereocenters. The quantitative estimate of drug-likeness (QED) is 0.633. The van der Waals surface area contributed by atoms with Crippen LogP contribution in [0.5, 0.6) is 0 Å². The minimum Gasteiger partial charge on any atom is -0.395 e. The van der Waals surface area contributed by atoms with E-state index in [0.717, 1.165) is 5.57 Å². The van der Waals surface area contributed by atoms with Gasteiger partial charge in [-0.25, -0.2) is 8.42 Å². The zero-order valence-electron chi connectivity index (χ0n) is 8.15. The smallest absolute Gasteiger partial charge is 0.216 e. The SMILES string of the molecule is C=C(C)CN(CC)S(=O)(=O)CCO. The molecule has 4 nitrogen and oxygen atoms in total. The maximum Gasteiger partial charge on any atom is 0.216 e. The molecule has 0 aliphatic heterocycles. The Balaban J connectivity index is 4.47. The summed E-state index contributed by atoms with van der Waals surface area (Å²) < 4.78 is 24.2. The van der Waals surface area contributed by atoms with Crippen molar-refractivity contribution < 1.29 is 13.5 Å². The molecule has 0 aromatic rings. The van der Waals surface area contributed by atoms with Crippen molar-refractivity contribution in [3.05, 3.63) is 12.2 Å². The van der Waals surface area contributed by atoms with Gasteiger partial charge >= 0.3 is 0 Å². The largest absolute Gasteiger partial charge is 0.395 e. The molecule has 0 saturated heterocycles. The summed E-state index contributed by atoms with van der Waals surface area (Å²) in [6, 6.07) is 0. The van der Waals surface area contributed by atoms with Crippen LogP contribution >= 0.6 is 0 Å². The molecule has 0 saturated carbocycles. The van der Waals surface area contributed by atoms with Gasteiger partial charge in [0.15, 0.2) is 0 Å². The van der Waals surface area contributed by atoms with Crippen LogP contribution in [0.3, 0.4) is 0 Å². The lowest BCUT2D eigenvalue weighted by atomic mass is 10.3. The van der Waals surface area contributed by atoms with Gasteiger partial charge in [0.2, 0.25) is 10.0 Å². The lowest BCUT2D eigenvalue weighted by molar-refractivity contribution is 0.315. The van der Waals surface area contributed by atoms with Crippen LogP contribution in [0.1, 0.15) is 13.8 Å². The molecule has 13 heavy (non-hydrogen) atoms. The second-order valence-corrected chi connectivity index (χ2v) is 5.01. The lowest BCUT2D eigenvalue weighted by Crippen LogP contribution is -2.35. The van der Waals surface area contributed by atoms with Crippen LogP contribution in [-0.2, 0) is 10.0 Å². The second kappa shape index (κ2) is 5.36. The van der Waals surface area contributed by atoms with Gasteiger partial charge in [0.05, 0.1) is 12.4 Å². The molecule has 5 heteroatoms. The molecule has 0 aromatic carbocycles. The van der Waals surface area contributed by atoms with E-state index in [2.05, 4.69) is 6.58 Å². The van der Waals surface area contributed by atoms with E-state index in [1.54, 1.807) is 13.8 Å². The molecule has 0 rings (SSSR count). The van der Waals surface area contributed by atoms with Gasteiger partial charge < -0.3 is 5.11 Å². The average Bonchev–Trinajstić information content (AvgIpc) is 1.99. The van der Waals surface area contributed by atoms with E-state index in [1.165, 1.54) is 4.31 Å². The number of likely N-dealkylation sites (N-methyl/N-ethyl adjacent to an activating group) is 1. The monoisotopic (exact) mass is 207 g/mol. The molecule has 0 fully saturated rings. The van der Waals surface area contributed by atoms with Crippen LogP contribution in [0.2, 0.25) is 0 Å². The zero-order chi connectivity index (χ0) is 10.5. The maximum atomic E-state index is 11.4. The number of aliphatic hydroxyl groups is 1. The predicted octanol–water partition coefficient (Wildman–Crippen LogP) is 0.207. The number of nitrogens with zero attached hydrogens (tertiary/aromatic N) is 1. The Morgan fingerprint density at radius 2 is 2.08 bits per heavy atom. The second-order valence-electron chi connectivity index (χ2n) is 2.92. The number of hydrogen-bond donors (Lipinski definition) is 1. The van der Waals surface area contributed by atoms with E-state index in [-0.39, 0.29) is 12.4 Å². The Labute approximate surface area is 79.9 Å². The fourth-order valence-electron chi connectivity index (χ4n) is 0.952. The Bertz CT molecular complexity index is 259. The number of hydrogen-bond acceptors (Lipinski definition) is 3. The third kappa shape index (κ3) is 4.40. The molecule has 0 bridgehead atoms. The molecule has 0 aliphatic carbocycles. The van der Waals surface area contributed by atoms with E-state index in [0.29, 0.717) is 13.1 Å². The van der Waals surface area contributed by atoms with Crippen molar-refractivity contribution in [1.82, 2.24) is 4.31 Å². The molecule has 0 aliphatic rings. The van der Waals surface area contributed by atoms with Gasteiger partial charge in [-0.3, -0.25) is 0 Å². The first-order valence-corrected chi connectivity index (χ1v) is 5.78. The summed E-state index contributed by atoms with van der Waals surface area (Å²) in [5, 5.41) is 8.55. The zero-order valence-corrected chi connectivity index (χ0v) is 8.97. The minimum absolute atomic E-state index is 0.214. The maximum absolute atomic E-state index is 11.4. The van der Waals surface area contributed by atoms with Crippen LogP contribution in [0.25, 0.3) is 0 Å². The van der Waals surface area contributed by atoms with Crippen molar-refractivity contribution in [3.63, 3.8) is 0 Å². The average molecular weight is 207 g/mol. The molecule has 1 N–H and O–H groups in total. The molecule has 78 valence electrons. The van der Waals surface area contributed by atoms with Gasteiger partial charge in [-0.15, -0.1) is 0 Å². The highest BCUT2D eigenvalue weighted by Crippen LogP contribution is 2.03. The van der Waals surface area contributed by atoms with Crippen molar-refractivity contribution in [2.45, 2.75) is 13.8 Å². The molecular weight excluding hydrogens is 190 g/mol. The predicted molar refractivity (Wildman–Crippen MR) is 52.9 cm³/mol. The third-order valence-corrected chi connectivity index (χ3v) is 3.41. The van der Waals surface area contributed by atoms with E-state index in [9.17, 15) is 8.42 Å². The lowest BCUT2D eigenvalue weighted by Gasteiger charge is -2.19. The first kappa shape index (κ1) is 12.6. The van der Waals surface area contributed by atoms with E-state index < -0.39 is 10.0 Å². The van der Waals surface area contributed by atoms with Crippen molar-refractivity contribution in [2.75, 3.05) is 25.4 Å². The highest BCUT2D eigenvalue weighted by Gasteiger charge is 2.18. The van der Waals surface area contributed by atoms with Crippen molar-refractivity contribution in [1.29, 1.82) is 0 Å². The van der Waals surface area contributed by atoms with Gasteiger partial charge in [-0.05, 0) is 6.92 Å². The summed E-state index contributed by atoms with van der Waals surface area (Å²) in [6.45, 7) is 7.59. The van der Waals surface area contributed by atoms with Gasteiger partial charge in [0.1, 0.15) is 0 Å². The van der Waals surface area contributed by atoms with E-state index >= 15 is 0 Å². The number of aliphatic hydroxyl groups excluding tert-OH is 1. The molecule has 0 amide bonds. The number of sulfonamides is 1.